The van der Waals surface area contributed by atoms with Gasteiger partial charge in [0.05, 0.1) is 12.5 Å². The lowest BCUT2D eigenvalue weighted by molar-refractivity contribution is -0.123. The second-order valence-corrected chi connectivity index (χ2v) is 5.40. The number of nitrogens with one attached hydrogen (secondary N) is 1. The van der Waals surface area contributed by atoms with Gasteiger partial charge in [-0.3, -0.25) is 4.79 Å². The van der Waals surface area contributed by atoms with Gasteiger partial charge >= 0.3 is 0 Å². The van der Waals surface area contributed by atoms with Crippen molar-refractivity contribution in [3.05, 3.63) is 65.5 Å². The van der Waals surface area contributed by atoms with Crippen molar-refractivity contribution in [3.8, 4) is 5.75 Å². The molecule has 0 saturated heterocycles. The predicted molar refractivity (Wildman–Crippen MR) is 82.4 cm³/mol. The fourth-order valence-electron chi connectivity index (χ4n) is 2.72. The number of hydrogen-bond donors (Lipinski definition) is 1. The molecule has 1 unspecified atom stereocenters. The minimum atomic E-state index is -0.244. The van der Waals surface area contributed by atoms with Gasteiger partial charge in [-0.2, -0.15) is 0 Å². The summed E-state index contributed by atoms with van der Waals surface area (Å²) in [5.41, 5.74) is 1.96. The molecule has 1 amide bonds. The Kier molecular flexibility index (Phi) is 4.37. The highest BCUT2D eigenvalue weighted by molar-refractivity contribution is 5.84. The topological polar surface area (TPSA) is 38.3 Å². The molecule has 0 aromatic heterocycles. The van der Waals surface area contributed by atoms with Crippen LogP contribution in [0.1, 0.15) is 23.5 Å². The van der Waals surface area contributed by atoms with Crippen molar-refractivity contribution in [2.24, 2.45) is 0 Å². The third-order valence-corrected chi connectivity index (χ3v) is 3.90. The van der Waals surface area contributed by atoms with E-state index in [-0.39, 0.29) is 17.6 Å². The molecular weight excluding hydrogens is 281 g/mol. The number of amides is 1. The molecule has 2 aromatic rings. The van der Waals surface area contributed by atoms with E-state index in [0.717, 1.165) is 16.9 Å². The number of hydrogen-bond acceptors (Lipinski definition) is 2. The monoisotopic (exact) mass is 299 g/mol. The zero-order valence-corrected chi connectivity index (χ0v) is 12.2. The van der Waals surface area contributed by atoms with E-state index in [1.165, 1.54) is 12.1 Å². The Bertz CT molecular complexity index is 654. The third kappa shape index (κ3) is 3.27. The van der Waals surface area contributed by atoms with Crippen molar-refractivity contribution >= 4 is 5.91 Å². The molecule has 1 atom stereocenters. The molecule has 1 aliphatic rings. The minimum absolute atomic E-state index is 0.0258. The number of benzene rings is 2. The maximum absolute atomic E-state index is 12.8. The summed E-state index contributed by atoms with van der Waals surface area (Å²) in [7, 11) is 0. The summed E-state index contributed by atoms with van der Waals surface area (Å²) in [5.74, 6) is 0.426. The Balaban J connectivity index is 1.58. The van der Waals surface area contributed by atoms with Crippen molar-refractivity contribution in [1.29, 1.82) is 0 Å². The van der Waals surface area contributed by atoms with Gasteiger partial charge in [0.1, 0.15) is 11.6 Å². The zero-order valence-electron chi connectivity index (χ0n) is 12.2. The Morgan fingerprint density at radius 3 is 2.77 bits per heavy atom. The number of carbonyl (C=O) groups excluding carboxylic acids is 1. The summed E-state index contributed by atoms with van der Waals surface area (Å²) < 4.78 is 18.4. The van der Waals surface area contributed by atoms with Gasteiger partial charge in [0.25, 0.3) is 0 Å². The summed E-state index contributed by atoms with van der Waals surface area (Å²) in [6, 6.07) is 14.0. The Hall–Kier alpha value is -2.36. The van der Waals surface area contributed by atoms with Gasteiger partial charge in [-0.1, -0.05) is 30.3 Å². The number of halogens is 1. The molecule has 114 valence electrons. The van der Waals surface area contributed by atoms with Crippen LogP contribution in [-0.2, 0) is 11.2 Å². The standard InChI is InChI=1S/C18H18FNO2/c19-14-7-5-13(6-8-14)9-11-20-18(21)16-10-12-22-17-4-2-1-3-15(16)17/h1-8,16H,9-12H2,(H,20,21). The Morgan fingerprint density at radius 1 is 1.18 bits per heavy atom. The van der Waals surface area contributed by atoms with Crippen LogP contribution in [0.25, 0.3) is 0 Å². The van der Waals surface area contributed by atoms with Crippen LogP contribution in [0.2, 0.25) is 0 Å². The van der Waals surface area contributed by atoms with E-state index in [1.807, 2.05) is 24.3 Å². The van der Waals surface area contributed by atoms with Gasteiger partial charge in [0, 0.05) is 12.1 Å². The van der Waals surface area contributed by atoms with E-state index in [2.05, 4.69) is 5.32 Å². The van der Waals surface area contributed by atoms with E-state index in [0.29, 0.717) is 26.0 Å². The van der Waals surface area contributed by atoms with Gasteiger partial charge in [-0.15, -0.1) is 0 Å². The van der Waals surface area contributed by atoms with Crippen LogP contribution in [0.4, 0.5) is 4.39 Å². The molecule has 22 heavy (non-hydrogen) atoms. The van der Waals surface area contributed by atoms with Crippen molar-refractivity contribution < 1.29 is 13.9 Å². The summed E-state index contributed by atoms with van der Waals surface area (Å²) >= 11 is 0. The molecule has 3 rings (SSSR count). The maximum atomic E-state index is 12.8. The number of fused-ring (bicyclic) bond motifs is 1. The van der Waals surface area contributed by atoms with Crippen molar-refractivity contribution in [2.75, 3.05) is 13.2 Å². The van der Waals surface area contributed by atoms with Gasteiger partial charge in [0.2, 0.25) is 5.91 Å². The highest BCUT2D eigenvalue weighted by Crippen LogP contribution is 2.33. The van der Waals surface area contributed by atoms with Gasteiger partial charge in [-0.05, 0) is 36.6 Å². The molecule has 0 aliphatic carbocycles. The average molecular weight is 299 g/mol. The van der Waals surface area contributed by atoms with Crippen LogP contribution < -0.4 is 10.1 Å². The van der Waals surface area contributed by atoms with Crippen molar-refractivity contribution in [1.82, 2.24) is 5.32 Å². The number of carbonyl (C=O) groups is 1. The lowest BCUT2D eigenvalue weighted by Crippen LogP contribution is -2.33. The van der Waals surface area contributed by atoms with Crippen LogP contribution in [0.5, 0.6) is 5.75 Å². The Morgan fingerprint density at radius 2 is 1.95 bits per heavy atom. The van der Waals surface area contributed by atoms with E-state index in [9.17, 15) is 9.18 Å². The highest BCUT2D eigenvalue weighted by Gasteiger charge is 2.26. The molecule has 0 spiro atoms. The molecular formula is C18H18FNO2. The molecule has 1 N–H and O–H groups in total. The smallest absolute Gasteiger partial charge is 0.227 e. The maximum Gasteiger partial charge on any atom is 0.227 e. The van der Waals surface area contributed by atoms with E-state index < -0.39 is 0 Å². The lowest BCUT2D eigenvalue weighted by Gasteiger charge is -2.25. The van der Waals surface area contributed by atoms with Crippen LogP contribution in [0.3, 0.4) is 0 Å². The number of ether oxygens (including phenoxy) is 1. The normalized spacial score (nSPS) is 16.5. The molecule has 3 nitrogen and oxygen atoms in total. The zero-order chi connectivity index (χ0) is 15.4. The van der Waals surface area contributed by atoms with Crippen LogP contribution >= 0.6 is 0 Å². The first kappa shape index (κ1) is 14.6. The number of rotatable bonds is 4. The van der Waals surface area contributed by atoms with Gasteiger partial charge in [-0.25, -0.2) is 4.39 Å². The molecule has 0 fully saturated rings. The molecule has 2 aromatic carbocycles. The number of para-hydroxylation sites is 1. The highest BCUT2D eigenvalue weighted by atomic mass is 19.1. The SMILES string of the molecule is O=C(NCCc1ccc(F)cc1)C1CCOc2ccccc21. The first-order valence-electron chi connectivity index (χ1n) is 7.48. The quantitative estimate of drug-likeness (QED) is 0.942. The summed E-state index contributed by atoms with van der Waals surface area (Å²) in [5, 5.41) is 2.97. The summed E-state index contributed by atoms with van der Waals surface area (Å²) in [6.45, 7) is 1.11. The fourth-order valence-corrected chi connectivity index (χ4v) is 2.72. The molecule has 4 heteroatoms. The van der Waals surface area contributed by atoms with Crippen LogP contribution in [0.15, 0.2) is 48.5 Å². The van der Waals surface area contributed by atoms with E-state index >= 15 is 0 Å². The van der Waals surface area contributed by atoms with E-state index in [4.69, 9.17) is 4.74 Å². The first-order valence-corrected chi connectivity index (χ1v) is 7.48. The average Bonchev–Trinajstić information content (AvgIpc) is 2.56. The predicted octanol–water partition coefficient (Wildman–Crippen LogP) is 3.05. The summed E-state index contributed by atoms with van der Waals surface area (Å²) in [4.78, 5) is 12.4. The van der Waals surface area contributed by atoms with Gasteiger partial charge < -0.3 is 10.1 Å². The second-order valence-electron chi connectivity index (χ2n) is 5.40. The molecule has 1 aliphatic heterocycles. The fraction of sp³-hybridized carbons (Fsp3) is 0.278. The molecule has 0 bridgehead atoms. The van der Waals surface area contributed by atoms with Crippen LogP contribution in [0, 0.1) is 5.82 Å². The Labute approximate surface area is 129 Å². The molecule has 0 radical (unpaired) electrons. The van der Waals surface area contributed by atoms with Gasteiger partial charge in [0.15, 0.2) is 0 Å². The molecule has 1 heterocycles. The summed E-state index contributed by atoms with van der Waals surface area (Å²) in [6.07, 6.45) is 1.39. The van der Waals surface area contributed by atoms with Crippen LogP contribution in [-0.4, -0.2) is 19.1 Å². The minimum Gasteiger partial charge on any atom is -0.493 e. The van der Waals surface area contributed by atoms with E-state index in [1.54, 1.807) is 12.1 Å². The van der Waals surface area contributed by atoms with Crippen molar-refractivity contribution in [2.45, 2.75) is 18.8 Å². The lowest BCUT2D eigenvalue weighted by atomic mass is 9.92. The largest absolute Gasteiger partial charge is 0.493 e. The first-order chi connectivity index (χ1) is 10.7. The second kappa shape index (κ2) is 6.60. The third-order valence-electron chi connectivity index (χ3n) is 3.90. The molecule has 0 saturated carbocycles. The van der Waals surface area contributed by atoms with Crippen molar-refractivity contribution in [3.63, 3.8) is 0 Å².